The van der Waals surface area contributed by atoms with E-state index in [1.165, 1.54) is 23.1 Å². The average Bonchev–Trinajstić information content (AvgIpc) is 3.33. The molecule has 2 fully saturated rings. The van der Waals surface area contributed by atoms with Crippen LogP contribution in [-0.2, 0) is 9.59 Å². The molecule has 0 spiro atoms. The fraction of sp³-hybridized carbons (Fsp3) is 0.529. The summed E-state index contributed by atoms with van der Waals surface area (Å²) in [4.78, 5) is 25.2. The highest BCUT2D eigenvalue weighted by Gasteiger charge is 2.48. The van der Waals surface area contributed by atoms with Gasteiger partial charge in [0.05, 0.1) is 5.92 Å². The van der Waals surface area contributed by atoms with Gasteiger partial charge < -0.3 is 14.7 Å². The summed E-state index contributed by atoms with van der Waals surface area (Å²) in [5, 5.41) is 9.11. The zero-order valence-corrected chi connectivity index (χ0v) is 13.3. The number of aliphatic carboxylic acids is 1. The number of carbonyl (C=O) groups is 2. The average molecular weight is 357 g/mol. The molecule has 0 unspecified atom stereocenters. The van der Waals surface area contributed by atoms with E-state index in [0.29, 0.717) is 31.4 Å². The Morgan fingerprint density at radius 2 is 1.96 bits per heavy atom. The van der Waals surface area contributed by atoms with Gasteiger partial charge in [0.1, 0.15) is 5.75 Å². The number of likely N-dealkylation sites (tertiary alicyclic amines) is 1. The second-order valence-electron chi connectivity index (χ2n) is 6.50. The van der Waals surface area contributed by atoms with Gasteiger partial charge in [-0.3, -0.25) is 9.59 Å². The van der Waals surface area contributed by atoms with Crippen molar-refractivity contribution >= 4 is 11.9 Å². The van der Waals surface area contributed by atoms with E-state index >= 15 is 0 Å². The quantitative estimate of drug-likeness (QED) is 0.900. The van der Waals surface area contributed by atoms with Crippen molar-refractivity contribution in [3.8, 4) is 5.75 Å². The third-order valence-electron chi connectivity index (χ3n) is 4.73. The molecule has 5 nitrogen and oxygen atoms in total. The van der Waals surface area contributed by atoms with Crippen LogP contribution in [0.25, 0.3) is 0 Å². The maximum atomic E-state index is 12.6. The van der Waals surface area contributed by atoms with Crippen molar-refractivity contribution in [3.63, 3.8) is 0 Å². The van der Waals surface area contributed by atoms with E-state index in [2.05, 4.69) is 4.74 Å². The fourth-order valence-corrected chi connectivity index (χ4v) is 3.43. The number of carboxylic acid groups (broad SMARTS) is 1. The van der Waals surface area contributed by atoms with Crippen molar-refractivity contribution in [2.75, 3.05) is 13.1 Å². The maximum Gasteiger partial charge on any atom is 0.573 e. The van der Waals surface area contributed by atoms with Gasteiger partial charge in [-0.05, 0) is 36.8 Å². The molecule has 1 aliphatic heterocycles. The third kappa shape index (κ3) is 4.05. The Labute approximate surface area is 142 Å². The van der Waals surface area contributed by atoms with Crippen LogP contribution in [0.15, 0.2) is 24.3 Å². The van der Waals surface area contributed by atoms with Crippen LogP contribution in [0.3, 0.4) is 0 Å². The molecule has 1 heterocycles. The number of para-hydroxylation sites is 1. The minimum absolute atomic E-state index is 0.165. The van der Waals surface area contributed by atoms with Crippen molar-refractivity contribution in [1.82, 2.24) is 4.90 Å². The van der Waals surface area contributed by atoms with Crippen LogP contribution in [0.1, 0.15) is 30.7 Å². The molecule has 1 aromatic rings. The number of carbonyl (C=O) groups excluding carboxylic acids is 1. The number of benzene rings is 1. The van der Waals surface area contributed by atoms with Crippen LogP contribution in [0.2, 0.25) is 0 Å². The lowest BCUT2D eigenvalue weighted by Crippen LogP contribution is -2.43. The first-order valence-corrected chi connectivity index (χ1v) is 8.12. The molecule has 25 heavy (non-hydrogen) atoms. The highest BCUT2D eigenvalue weighted by atomic mass is 19.4. The van der Waals surface area contributed by atoms with Crippen molar-refractivity contribution in [1.29, 1.82) is 0 Å². The second-order valence-corrected chi connectivity index (χ2v) is 6.50. The number of amides is 1. The van der Waals surface area contributed by atoms with Crippen molar-refractivity contribution < 1.29 is 32.6 Å². The Hall–Kier alpha value is -2.25. The monoisotopic (exact) mass is 357 g/mol. The number of hydrogen-bond acceptors (Lipinski definition) is 3. The van der Waals surface area contributed by atoms with Gasteiger partial charge in [-0.1, -0.05) is 18.2 Å². The maximum absolute atomic E-state index is 12.6. The SMILES string of the molecule is O=C(O)[C@@H]1CCCN(C(=O)[C@@H]2C[C@@H]2c2ccccc2OC(F)(F)F)C1. The largest absolute Gasteiger partial charge is 0.573 e. The van der Waals surface area contributed by atoms with Crippen LogP contribution < -0.4 is 4.74 Å². The number of ether oxygens (including phenoxy) is 1. The normalized spacial score (nSPS) is 26.2. The van der Waals surface area contributed by atoms with E-state index in [1.54, 1.807) is 6.07 Å². The summed E-state index contributed by atoms with van der Waals surface area (Å²) in [6.07, 6.45) is -3.18. The van der Waals surface area contributed by atoms with Crippen molar-refractivity contribution in [3.05, 3.63) is 29.8 Å². The molecule has 136 valence electrons. The molecular formula is C17H18F3NO4. The molecule has 3 atom stereocenters. The first-order chi connectivity index (χ1) is 11.8. The topological polar surface area (TPSA) is 66.8 Å². The third-order valence-corrected chi connectivity index (χ3v) is 4.73. The molecule has 3 rings (SSSR count). The number of halogens is 3. The standard InChI is InChI=1S/C17H18F3NO4/c18-17(19,20)25-14-6-2-1-5-11(14)12-8-13(12)15(22)21-7-3-4-10(9-21)16(23)24/h1-2,5-6,10,12-13H,3-4,7-9H2,(H,23,24)/t10-,12-,13-/m1/s1. The molecule has 1 N–H and O–H groups in total. The predicted octanol–water partition coefficient (Wildman–Crippen LogP) is 3.01. The molecular weight excluding hydrogens is 339 g/mol. The zero-order valence-electron chi connectivity index (χ0n) is 13.3. The molecule has 1 amide bonds. The van der Waals surface area contributed by atoms with Crippen molar-refractivity contribution in [2.24, 2.45) is 11.8 Å². The summed E-state index contributed by atoms with van der Waals surface area (Å²) in [7, 11) is 0. The number of nitrogens with zero attached hydrogens (tertiary/aromatic N) is 1. The second kappa shape index (κ2) is 6.57. The van der Waals surface area contributed by atoms with Crippen molar-refractivity contribution in [2.45, 2.75) is 31.5 Å². The fourth-order valence-electron chi connectivity index (χ4n) is 3.43. The molecule has 1 saturated carbocycles. The van der Waals surface area contributed by atoms with Gasteiger partial charge in [0.2, 0.25) is 5.91 Å². The van der Waals surface area contributed by atoms with Crippen LogP contribution in [0, 0.1) is 11.8 Å². The van der Waals surface area contributed by atoms with Gasteiger partial charge in [-0.25, -0.2) is 0 Å². The first-order valence-electron chi connectivity index (χ1n) is 8.12. The smallest absolute Gasteiger partial charge is 0.481 e. The van der Waals surface area contributed by atoms with Gasteiger partial charge in [0.15, 0.2) is 0 Å². The van der Waals surface area contributed by atoms with Crippen LogP contribution >= 0.6 is 0 Å². The summed E-state index contributed by atoms with van der Waals surface area (Å²) >= 11 is 0. The Morgan fingerprint density at radius 1 is 1.24 bits per heavy atom. The van der Waals surface area contributed by atoms with Gasteiger partial charge in [-0.2, -0.15) is 0 Å². The number of alkyl halides is 3. The predicted molar refractivity (Wildman–Crippen MR) is 80.9 cm³/mol. The lowest BCUT2D eigenvalue weighted by Gasteiger charge is -2.31. The Balaban J connectivity index is 1.68. The number of piperidine rings is 1. The summed E-state index contributed by atoms with van der Waals surface area (Å²) < 4.78 is 41.6. The van der Waals surface area contributed by atoms with E-state index < -0.39 is 24.2 Å². The van der Waals surface area contributed by atoms with Crippen LogP contribution in [-0.4, -0.2) is 41.3 Å². The lowest BCUT2D eigenvalue weighted by molar-refractivity contribution is -0.274. The van der Waals surface area contributed by atoms with E-state index in [9.17, 15) is 22.8 Å². The number of carboxylic acids is 1. The highest BCUT2D eigenvalue weighted by Crippen LogP contribution is 2.52. The molecule has 0 radical (unpaired) electrons. The van der Waals surface area contributed by atoms with Crippen LogP contribution in [0.4, 0.5) is 13.2 Å². The molecule has 2 aliphatic rings. The number of hydrogen-bond donors (Lipinski definition) is 1. The number of rotatable bonds is 4. The molecule has 1 saturated heterocycles. The first kappa shape index (κ1) is 17.6. The summed E-state index contributed by atoms with van der Waals surface area (Å²) in [6.45, 7) is 0.657. The lowest BCUT2D eigenvalue weighted by atomic mass is 9.97. The summed E-state index contributed by atoms with van der Waals surface area (Å²) in [5.41, 5.74) is 0.366. The minimum Gasteiger partial charge on any atom is -0.481 e. The van der Waals surface area contributed by atoms with E-state index in [4.69, 9.17) is 5.11 Å². The van der Waals surface area contributed by atoms with Gasteiger partial charge >= 0.3 is 12.3 Å². The summed E-state index contributed by atoms with van der Waals surface area (Å²) in [6, 6.07) is 5.84. The molecule has 1 aromatic carbocycles. The van der Waals surface area contributed by atoms with E-state index in [1.807, 2.05) is 0 Å². The summed E-state index contributed by atoms with van der Waals surface area (Å²) in [5.74, 6) is -2.69. The Bertz CT molecular complexity index is 676. The Kier molecular flexibility index (Phi) is 4.62. The van der Waals surface area contributed by atoms with Gasteiger partial charge in [-0.15, -0.1) is 13.2 Å². The Morgan fingerprint density at radius 3 is 2.64 bits per heavy atom. The van der Waals surface area contributed by atoms with Gasteiger partial charge in [0, 0.05) is 19.0 Å². The molecule has 0 bridgehead atoms. The molecule has 8 heteroatoms. The van der Waals surface area contributed by atoms with E-state index in [-0.39, 0.29) is 24.1 Å². The zero-order chi connectivity index (χ0) is 18.2. The van der Waals surface area contributed by atoms with Crippen LogP contribution in [0.5, 0.6) is 5.75 Å². The molecule has 0 aromatic heterocycles. The van der Waals surface area contributed by atoms with E-state index in [0.717, 1.165) is 0 Å². The highest BCUT2D eigenvalue weighted by molar-refractivity contribution is 5.84. The molecule has 1 aliphatic carbocycles. The van der Waals surface area contributed by atoms with Gasteiger partial charge in [0.25, 0.3) is 0 Å². The minimum atomic E-state index is -4.79.